The largest absolute Gasteiger partial charge is 0.461 e. The highest BCUT2D eigenvalue weighted by Crippen LogP contribution is 2.26. The third-order valence-electron chi connectivity index (χ3n) is 4.20. The standard InChI is InChI=1S/C14H25NO2/c1-10-3-5-12(6-4-10)17-14(16)13-9-11(2)7-8-15-13/h10-13,15H,3-9H2,1-2H3. The molecule has 0 radical (unpaired) electrons. The van der Waals surface area contributed by atoms with Crippen LogP contribution in [0.25, 0.3) is 0 Å². The molecular weight excluding hydrogens is 214 g/mol. The summed E-state index contributed by atoms with van der Waals surface area (Å²) in [6.07, 6.45) is 6.79. The van der Waals surface area contributed by atoms with Crippen molar-refractivity contribution < 1.29 is 9.53 Å². The van der Waals surface area contributed by atoms with Crippen LogP contribution in [0.3, 0.4) is 0 Å². The van der Waals surface area contributed by atoms with Gasteiger partial charge >= 0.3 is 5.97 Å². The molecule has 98 valence electrons. The fraction of sp³-hybridized carbons (Fsp3) is 0.929. The zero-order valence-electron chi connectivity index (χ0n) is 11.1. The minimum absolute atomic E-state index is 0.0175. The van der Waals surface area contributed by atoms with E-state index in [1.165, 1.54) is 19.3 Å². The van der Waals surface area contributed by atoms with Crippen LogP contribution in [0.4, 0.5) is 0 Å². The number of hydrogen-bond acceptors (Lipinski definition) is 3. The van der Waals surface area contributed by atoms with Gasteiger partial charge in [0.25, 0.3) is 0 Å². The molecule has 2 aliphatic rings. The molecule has 1 N–H and O–H groups in total. The molecule has 0 aromatic rings. The summed E-state index contributed by atoms with van der Waals surface area (Å²) in [5.74, 6) is 1.43. The van der Waals surface area contributed by atoms with Crippen LogP contribution in [0.2, 0.25) is 0 Å². The van der Waals surface area contributed by atoms with E-state index < -0.39 is 0 Å². The molecule has 0 amide bonds. The summed E-state index contributed by atoms with van der Waals surface area (Å²) >= 11 is 0. The van der Waals surface area contributed by atoms with Gasteiger partial charge in [-0.15, -0.1) is 0 Å². The minimum atomic E-state index is -0.0573. The molecule has 0 aromatic heterocycles. The molecule has 2 fully saturated rings. The lowest BCUT2D eigenvalue weighted by atomic mass is 9.89. The third kappa shape index (κ3) is 3.70. The third-order valence-corrected chi connectivity index (χ3v) is 4.20. The van der Waals surface area contributed by atoms with Gasteiger partial charge in [-0.2, -0.15) is 0 Å². The number of ether oxygens (including phenoxy) is 1. The molecule has 0 aromatic carbocycles. The van der Waals surface area contributed by atoms with Crippen LogP contribution in [0.1, 0.15) is 52.4 Å². The molecule has 3 heteroatoms. The van der Waals surface area contributed by atoms with E-state index >= 15 is 0 Å². The maximum Gasteiger partial charge on any atom is 0.323 e. The first-order chi connectivity index (χ1) is 8.15. The van der Waals surface area contributed by atoms with Crippen LogP contribution in [-0.2, 0) is 9.53 Å². The van der Waals surface area contributed by atoms with Gasteiger partial charge in [0.05, 0.1) is 0 Å². The fourth-order valence-electron chi connectivity index (χ4n) is 2.88. The first-order valence-corrected chi connectivity index (χ1v) is 7.09. The van der Waals surface area contributed by atoms with Gasteiger partial charge in [-0.3, -0.25) is 4.79 Å². The van der Waals surface area contributed by atoms with Crippen LogP contribution in [0.15, 0.2) is 0 Å². The number of hydrogen-bond donors (Lipinski definition) is 1. The minimum Gasteiger partial charge on any atom is -0.461 e. The number of carbonyl (C=O) groups excluding carboxylic acids is 1. The Hall–Kier alpha value is -0.570. The van der Waals surface area contributed by atoms with E-state index in [1.54, 1.807) is 0 Å². The summed E-state index contributed by atoms with van der Waals surface area (Å²) in [7, 11) is 0. The van der Waals surface area contributed by atoms with E-state index in [-0.39, 0.29) is 18.1 Å². The predicted molar refractivity (Wildman–Crippen MR) is 67.7 cm³/mol. The summed E-state index contributed by atoms with van der Waals surface area (Å²) in [5.41, 5.74) is 0. The van der Waals surface area contributed by atoms with Crippen LogP contribution >= 0.6 is 0 Å². The zero-order valence-corrected chi connectivity index (χ0v) is 11.1. The van der Waals surface area contributed by atoms with E-state index in [0.717, 1.165) is 31.7 Å². The molecule has 1 aliphatic carbocycles. The Labute approximate surface area is 104 Å². The van der Waals surface area contributed by atoms with E-state index in [9.17, 15) is 4.79 Å². The molecule has 0 bridgehead atoms. The molecule has 2 unspecified atom stereocenters. The van der Waals surface area contributed by atoms with Gasteiger partial charge in [0, 0.05) is 0 Å². The Kier molecular flexibility index (Phi) is 4.43. The summed E-state index contributed by atoms with van der Waals surface area (Å²) in [6.45, 7) is 5.44. The van der Waals surface area contributed by atoms with Crippen molar-refractivity contribution in [1.29, 1.82) is 0 Å². The van der Waals surface area contributed by atoms with E-state index in [2.05, 4.69) is 19.2 Å². The van der Waals surface area contributed by atoms with Crippen molar-refractivity contribution in [2.75, 3.05) is 6.54 Å². The van der Waals surface area contributed by atoms with Crippen LogP contribution in [-0.4, -0.2) is 24.7 Å². The second kappa shape index (κ2) is 5.85. The number of piperidine rings is 1. The van der Waals surface area contributed by atoms with Gasteiger partial charge < -0.3 is 10.1 Å². The van der Waals surface area contributed by atoms with E-state index in [0.29, 0.717) is 5.92 Å². The number of esters is 1. The van der Waals surface area contributed by atoms with Gasteiger partial charge in [0.15, 0.2) is 0 Å². The Morgan fingerprint density at radius 1 is 1.06 bits per heavy atom. The Balaban J connectivity index is 1.76. The van der Waals surface area contributed by atoms with Crippen LogP contribution in [0, 0.1) is 11.8 Å². The van der Waals surface area contributed by atoms with Crippen molar-refractivity contribution in [3.05, 3.63) is 0 Å². The summed E-state index contributed by atoms with van der Waals surface area (Å²) in [5, 5.41) is 3.27. The van der Waals surface area contributed by atoms with Crippen molar-refractivity contribution in [3.8, 4) is 0 Å². The number of nitrogens with one attached hydrogen (secondary N) is 1. The number of rotatable bonds is 2. The van der Waals surface area contributed by atoms with Gasteiger partial charge in [-0.1, -0.05) is 13.8 Å². The molecule has 0 spiro atoms. The maximum atomic E-state index is 12.0. The summed E-state index contributed by atoms with van der Waals surface area (Å²) in [4.78, 5) is 12.0. The second-order valence-corrected chi connectivity index (χ2v) is 5.96. The first-order valence-electron chi connectivity index (χ1n) is 7.09. The highest BCUT2D eigenvalue weighted by molar-refractivity contribution is 5.76. The average Bonchev–Trinajstić information content (AvgIpc) is 2.32. The monoisotopic (exact) mass is 239 g/mol. The quantitative estimate of drug-likeness (QED) is 0.752. The van der Waals surface area contributed by atoms with Crippen molar-refractivity contribution >= 4 is 5.97 Å². The SMILES string of the molecule is CC1CCC(OC(=O)C2CC(C)CCN2)CC1. The lowest BCUT2D eigenvalue weighted by Gasteiger charge is -2.30. The Morgan fingerprint density at radius 3 is 2.41 bits per heavy atom. The Bertz CT molecular complexity index is 259. The lowest BCUT2D eigenvalue weighted by Crippen LogP contribution is -2.45. The maximum absolute atomic E-state index is 12.0. The molecule has 17 heavy (non-hydrogen) atoms. The van der Waals surface area contributed by atoms with Gasteiger partial charge in [-0.25, -0.2) is 0 Å². The molecule has 3 nitrogen and oxygen atoms in total. The smallest absolute Gasteiger partial charge is 0.323 e. The topological polar surface area (TPSA) is 38.3 Å². The number of carbonyl (C=O) groups is 1. The van der Waals surface area contributed by atoms with E-state index in [4.69, 9.17) is 4.74 Å². The average molecular weight is 239 g/mol. The first kappa shape index (κ1) is 12.9. The lowest BCUT2D eigenvalue weighted by molar-refractivity contribution is -0.154. The fourth-order valence-corrected chi connectivity index (χ4v) is 2.88. The van der Waals surface area contributed by atoms with Crippen LogP contribution < -0.4 is 5.32 Å². The van der Waals surface area contributed by atoms with E-state index in [1.807, 2.05) is 0 Å². The summed E-state index contributed by atoms with van der Waals surface area (Å²) in [6, 6.07) is -0.0573. The molecule has 1 saturated carbocycles. The molecule has 1 saturated heterocycles. The normalized spacial score (nSPS) is 38.7. The highest BCUT2D eigenvalue weighted by Gasteiger charge is 2.29. The van der Waals surface area contributed by atoms with Crippen molar-refractivity contribution in [3.63, 3.8) is 0 Å². The van der Waals surface area contributed by atoms with Gasteiger partial charge in [-0.05, 0) is 56.9 Å². The van der Waals surface area contributed by atoms with Crippen molar-refractivity contribution in [2.45, 2.75) is 64.5 Å². The zero-order chi connectivity index (χ0) is 12.3. The van der Waals surface area contributed by atoms with Crippen LogP contribution in [0.5, 0.6) is 0 Å². The predicted octanol–water partition coefficient (Wildman–Crippen LogP) is 2.50. The molecular formula is C14H25NO2. The van der Waals surface area contributed by atoms with Gasteiger partial charge in [0.1, 0.15) is 12.1 Å². The molecule has 2 rings (SSSR count). The Morgan fingerprint density at radius 2 is 1.76 bits per heavy atom. The molecule has 1 aliphatic heterocycles. The van der Waals surface area contributed by atoms with Crippen molar-refractivity contribution in [1.82, 2.24) is 5.32 Å². The second-order valence-electron chi connectivity index (χ2n) is 5.96. The van der Waals surface area contributed by atoms with Crippen molar-refractivity contribution in [2.24, 2.45) is 11.8 Å². The van der Waals surface area contributed by atoms with Gasteiger partial charge in [0.2, 0.25) is 0 Å². The molecule has 2 atom stereocenters. The molecule has 1 heterocycles. The summed E-state index contributed by atoms with van der Waals surface area (Å²) < 4.78 is 5.63. The highest BCUT2D eigenvalue weighted by atomic mass is 16.5.